The van der Waals surface area contributed by atoms with Gasteiger partial charge in [0, 0.05) is 13.2 Å². The lowest BCUT2D eigenvalue weighted by atomic mass is 10.0. The van der Waals surface area contributed by atoms with Crippen LogP contribution >= 0.6 is 0 Å². The molecule has 0 unspecified atom stereocenters. The predicted molar refractivity (Wildman–Crippen MR) is 62.4 cm³/mol. The summed E-state index contributed by atoms with van der Waals surface area (Å²) in [5, 5.41) is 2.74. The van der Waals surface area contributed by atoms with E-state index in [1.54, 1.807) is 0 Å². The molecule has 94 valence electrons. The van der Waals surface area contributed by atoms with Crippen LogP contribution in [0.25, 0.3) is 0 Å². The van der Waals surface area contributed by atoms with Crippen LogP contribution < -0.4 is 5.32 Å². The molecule has 1 aliphatic heterocycles. The number of carbonyl (C=O) groups excluding carboxylic acids is 1. The molecule has 0 spiro atoms. The van der Waals surface area contributed by atoms with Crippen LogP contribution in [0.3, 0.4) is 0 Å². The van der Waals surface area contributed by atoms with Crippen LogP contribution in [0.1, 0.15) is 40.5 Å². The highest BCUT2D eigenvalue weighted by Crippen LogP contribution is 2.17. The van der Waals surface area contributed by atoms with Crippen LogP contribution in [0.5, 0.6) is 0 Å². The first-order valence-electron chi connectivity index (χ1n) is 5.95. The molecule has 1 fully saturated rings. The minimum atomic E-state index is -0.438. The lowest BCUT2D eigenvalue weighted by Crippen LogP contribution is -2.39. The summed E-state index contributed by atoms with van der Waals surface area (Å²) < 4.78 is 10.7. The largest absolute Gasteiger partial charge is 0.444 e. The van der Waals surface area contributed by atoms with Gasteiger partial charge in [-0.1, -0.05) is 6.92 Å². The first-order valence-corrected chi connectivity index (χ1v) is 5.95. The summed E-state index contributed by atoms with van der Waals surface area (Å²) in [7, 11) is 0. The Morgan fingerprint density at radius 3 is 2.62 bits per heavy atom. The maximum atomic E-state index is 11.4. The number of alkyl carbamates (subject to hydrolysis) is 1. The molecule has 2 atom stereocenters. The normalized spacial score (nSPS) is 26.2. The standard InChI is InChI=1S/C12H23NO3/c1-9-5-6-10(15-8-9)7-13-11(14)16-12(2,3)4/h9-10H,5-8H2,1-4H3,(H,13,14)/t9-,10-/m0/s1. The van der Waals surface area contributed by atoms with Crippen molar-refractivity contribution in [3.05, 3.63) is 0 Å². The van der Waals surface area contributed by atoms with E-state index >= 15 is 0 Å². The Morgan fingerprint density at radius 1 is 1.44 bits per heavy atom. The first-order chi connectivity index (χ1) is 7.37. The van der Waals surface area contributed by atoms with Crippen molar-refractivity contribution in [1.82, 2.24) is 5.32 Å². The number of hydrogen-bond acceptors (Lipinski definition) is 3. The van der Waals surface area contributed by atoms with Gasteiger partial charge in [0.25, 0.3) is 0 Å². The Labute approximate surface area is 97.7 Å². The van der Waals surface area contributed by atoms with E-state index in [0.717, 1.165) is 13.0 Å². The molecule has 0 saturated carbocycles. The fourth-order valence-electron chi connectivity index (χ4n) is 1.61. The zero-order valence-electron chi connectivity index (χ0n) is 10.7. The van der Waals surface area contributed by atoms with Crippen molar-refractivity contribution >= 4 is 6.09 Å². The number of rotatable bonds is 2. The van der Waals surface area contributed by atoms with Crippen LogP contribution in [0.15, 0.2) is 0 Å². The van der Waals surface area contributed by atoms with E-state index in [0.29, 0.717) is 12.5 Å². The Bertz CT molecular complexity index is 227. The number of carbonyl (C=O) groups is 1. The highest BCUT2D eigenvalue weighted by atomic mass is 16.6. The van der Waals surface area contributed by atoms with Crippen LogP contribution in [-0.2, 0) is 9.47 Å². The first kappa shape index (κ1) is 13.3. The minimum absolute atomic E-state index is 0.142. The van der Waals surface area contributed by atoms with E-state index in [2.05, 4.69) is 12.2 Å². The van der Waals surface area contributed by atoms with Gasteiger partial charge in [-0.3, -0.25) is 0 Å². The molecule has 1 amide bonds. The number of amides is 1. The summed E-state index contributed by atoms with van der Waals surface area (Å²) in [6, 6.07) is 0. The Morgan fingerprint density at radius 2 is 2.12 bits per heavy atom. The maximum Gasteiger partial charge on any atom is 0.407 e. The minimum Gasteiger partial charge on any atom is -0.444 e. The average Bonchev–Trinajstić information content (AvgIpc) is 2.14. The summed E-state index contributed by atoms with van der Waals surface area (Å²) in [6.45, 7) is 9.07. The van der Waals surface area contributed by atoms with Crippen LogP contribution in [0, 0.1) is 5.92 Å². The molecule has 4 nitrogen and oxygen atoms in total. The van der Waals surface area contributed by atoms with Gasteiger partial charge in [0.1, 0.15) is 5.60 Å². The van der Waals surface area contributed by atoms with Gasteiger partial charge in [-0.15, -0.1) is 0 Å². The molecule has 0 aromatic carbocycles. The van der Waals surface area contributed by atoms with Crippen LogP contribution in [-0.4, -0.2) is 30.9 Å². The van der Waals surface area contributed by atoms with Gasteiger partial charge in [-0.05, 0) is 39.5 Å². The maximum absolute atomic E-state index is 11.4. The summed E-state index contributed by atoms with van der Waals surface area (Å²) in [5.41, 5.74) is -0.438. The van der Waals surface area contributed by atoms with E-state index < -0.39 is 5.60 Å². The second-order valence-corrected chi connectivity index (χ2v) is 5.52. The highest BCUT2D eigenvalue weighted by molar-refractivity contribution is 5.67. The number of nitrogens with one attached hydrogen (secondary N) is 1. The molecular weight excluding hydrogens is 206 g/mol. The van der Waals surface area contributed by atoms with Crippen molar-refractivity contribution in [2.24, 2.45) is 5.92 Å². The topological polar surface area (TPSA) is 47.6 Å². The summed E-state index contributed by atoms with van der Waals surface area (Å²) in [4.78, 5) is 11.4. The third-order valence-electron chi connectivity index (χ3n) is 2.47. The Balaban J connectivity index is 2.17. The smallest absolute Gasteiger partial charge is 0.407 e. The molecule has 1 aliphatic rings. The fraction of sp³-hybridized carbons (Fsp3) is 0.917. The van der Waals surface area contributed by atoms with Gasteiger partial charge in [0.15, 0.2) is 0 Å². The van der Waals surface area contributed by atoms with E-state index in [1.807, 2.05) is 20.8 Å². The molecule has 1 rings (SSSR count). The SMILES string of the molecule is C[C@H]1CC[C@@H](CNC(=O)OC(C)(C)C)OC1. The molecule has 1 N–H and O–H groups in total. The highest BCUT2D eigenvalue weighted by Gasteiger charge is 2.21. The predicted octanol–water partition coefficient (Wildman–Crippen LogP) is 2.33. The molecule has 0 aromatic rings. The molecule has 1 heterocycles. The van der Waals surface area contributed by atoms with Gasteiger partial charge < -0.3 is 14.8 Å². The lowest BCUT2D eigenvalue weighted by Gasteiger charge is -2.27. The third-order valence-corrected chi connectivity index (χ3v) is 2.47. The van der Waals surface area contributed by atoms with Gasteiger partial charge in [-0.2, -0.15) is 0 Å². The van der Waals surface area contributed by atoms with Crippen molar-refractivity contribution in [2.75, 3.05) is 13.2 Å². The third kappa shape index (κ3) is 5.35. The van der Waals surface area contributed by atoms with Crippen molar-refractivity contribution in [1.29, 1.82) is 0 Å². The zero-order valence-corrected chi connectivity index (χ0v) is 10.7. The van der Waals surface area contributed by atoms with Gasteiger partial charge in [0.2, 0.25) is 0 Å². The molecule has 0 radical (unpaired) electrons. The van der Waals surface area contributed by atoms with E-state index in [-0.39, 0.29) is 12.2 Å². The molecule has 0 aliphatic carbocycles. The molecular formula is C12H23NO3. The Kier molecular flexibility index (Phi) is 4.59. The van der Waals surface area contributed by atoms with Crippen LogP contribution in [0.4, 0.5) is 4.79 Å². The van der Waals surface area contributed by atoms with Gasteiger partial charge >= 0.3 is 6.09 Å². The zero-order chi connectivity index (χ0) is 12.2. The monoisotopic (exact) mass is 229 g/mol. The fourth-order valence-corrected chi connectivity index (χ4v) is 1.61. The Hall–Kier alpha value is -0.770. The lowest BCUT2D eigenvalue weighted by molar-refractivity contribution is -0.0123. The summed E-state index contributed by atoms with van der Waals surface area (Å²) in [5.74, 6) is 0.637. The summed E-state index contributed by atoms with van der Waals surface area (Å²) >= 11 is 0. The van der Waals surface area contributed by atoms with E-state index in [4.69, 9.17) is 9.47 Å². The van der Waals surface area contributed by atoms with Gasteiger partial charge in [-0.25, -0.2) is 4.79 Å². The molecule has 16 heavy (non-hydrogen) atoms. The summed E-state index contributed by atoms with van der Waals surface area (Å²) in [6.07, 6.45) is 1.95. The van der Waals surface area contributed by atoms with E-state index in [1.165, 1.54) is 6.42 Å². The van der Waals surface area contributed by atoms with E-state index in [9.17, 15) is 4.79 Å². The molecule has 1 saturated heterocycles. The van der Waals surface area contributed by atoms with Crippen molar-refractivity contribution in [3.63, 3.8) is 0 Å². The quantitative estimate of drug-likeness (QED) is 0.790. The van der Waals surface area contributed by atoms with Crippen molar-refractivity contribution < 1.29 is 14.3 Å². The second kappa shape index (κ2) is 5.53. The molecule has 0 bridgehead atoms. The average molecular weight is 229 g/mol. The van der Waals surface area contributed by atoms with Gasteiger partial charge in [0.05, 0.1) is 6.10 Å². The van der Waals surface area contributed by atoms with Crippen molar-refractivity contribution in [3.8, 4) is 0 Å². The number of hydrogen-bond donors (Lipinski definition) is 1. The second-order valence-electron chi connectivity index (χ2n) is 5.52. The van der Waals surface area contributed by atoms with Crippen LogP contribution in [0.2, 0.25) is 0 Å². The van der Waals surface area contributed by atoms with Crippen molar-refractivity contribution in [2.45, 2.75) is 52.2 Å². The molecule has 4 heteroatoms. The number of ether oxygens (including phenoxy) is 2. The molecule has 0 aromatic heterocycles.